The van der Waals surface area contributed by atoms with Crippen LogP contribution >= 0.6 is 15.9 Å². The summed E-state index contributed by atoms with van der Waals surface area (Å²) >= 11 is 3.75. The van der Waals surface area contributed by atoms with Gasteiger partial charge in [-0.3, -0.25) is 0 Å². The number of rotatable bonds is 0. The van der Waals surface area contributed by atoms with E-state index < -0.39 is 0 Å². The van der Waals surface area contributed by atoms with Crippen molar-refractivity contribution in [3.05, 3.63) is 0 Å². The van der Waals surface area contributed by atoms with Crippen molar-refractivity contribution in [2.24, 2.45) is 11.8 Å². The third-order valence-electron chi connectivity index (χ3n) is 3.50. The maximum absolute atomic E-state index is 3.75. The summed E-state index contributed by atoms with van der Waals surface area (Å²) in [5.41, 5.74) is 0. The van der Waals surface area contributed by atoms with Gasteiger partial charge in [-0.1, -0.05) is 15.9 Å². The quantitative estimate of drug-likeness (QED) is 0.580. The average molecular weight is 232 g/mol. The number of piperidine rings is 1. The van der Waals surface area contributed by atoms with E-state index in [-0.39, 0.29) is 0 Å². The van der Waals surface area contributed by atoms with E-state index in [4.69, 9.17) is 0 Å². The molecule has 1 heterocycles. The van der Waals surface area contributed by atoms with E-state index in [9.17, 15) is 0 Å². The fraction of sp³-hybridized carbons (Fsp3) is 1.00. The summed E-state index contributed by atoms with van der Waals surface area (Å²) in [6.45, 7) is 2.67. The van der Waals surface area contributed by atoms with Gasteiger partial charge in [0.05, 0.1) is 0 Å². The number of nitrogens with zero attached hydrogens (tertiary/aromatic N) is 1. The molecule has 2 fully saturated rings. The Bertz CT molecular complexity index is 144. The lowest BCUT2D eigenvalue weighted by atomic mass is 9.75. The van der Waals surface area contributed by atoms with Crippen LogP contribution in [0.5, 0.6) is 0 Å². The molecule has 0 bridgehead atoms. The Hall–Kier alpha value is 0.440. The van der Waals surface area contributed by atoms with Gasteiger partial charge in [0.15, 0.2) is 0 Å². The van der Waals surface area contributed by atoms with Crippen LogP contribution < -0.4 is 0 Å². The molecule has 2 heteroatoms. The lowest BCUT2D eigenvalue weighted by Gasteiger charge is -2.41. The van der Waals surface area contributed by atoms with Crippen molar-refractivity contribution in [1.29, 1.82) is 0 Å². The summed E-state index contributed by atoms with van der Waals surface area (Å²) in [6, 6.07) is 0. The van der Waals surface area contributed by atoms with Gasteiger partial charge < -0.3 is 4.90 Å². The molecule has 0 aromatic heterocycles. The molecule has 0 radical (unpaired) electrons. The molecule has 1 saturated carbocycles. The zero-order valence-electron chi connectivity index (χ0n) is 7.80. The van der Waals surface area contributed by atoms with Crippen molar-refractivity contribution in [1.82, 2.24) is 4.90 Å². The van der Waals surface area contributed by atoms with Crippen molar-refractivity contribution in [3.63, 3.8) is 0 Å². The van der Waals surface area contributed by atoms with Crippen LogP contribution in [0.3, 0.4) is 0 Å². The van der Waals surface area contributed by atoms with Gasteiger partial charge >= 0.3 is 0 Å². The van der Waals surface area contributed by atoms with Crippen LogP contribution in [0.15, 0.2) is 0 Å². The standard InChI is InChI=1S/C10H18BrN/c1-12-5-4-8-2-3-10(11)6-9(8)7-12/h8-10H,2-7H2,1H3/t8-,9+,10-/m1/s1. The molecule has 0 amide bonds. The third kappa shape index (κ3) is 1.85. The molecule has 1 aliphatic heterocycles. The van der Waals surface area contributed by atoms with Gasteiger partial charge in [0.25, 0.3) is 0 Å². The summed E-state index contributed by atoms with van der Waals surface area (Å²) in [5.74, 6) is 2.04. The monoisotopic (exact) mass is 231 g/mol. The Labute approximate surface area is 83.6 Å². The summed E-state index contributed by atoms with van der Waals surface area (Å²) in [4.78, 5) is 3.30. The summed E-state index contributed by atoms with van der Waals surface area (Å²) in [6.07, 6.45) is 5.73. The third-order valence-corrected chi connectivity index (χ3v) is 4.34. The van der Waals surface area contributed by atoms with Gasteiger partial charge in [0.1, 0.15) is 0 Å². The van der Waals surface area contributed by atoms with Gasteiger partial charge in [-0.25, -0.2) is 0 Å². The van der Waals surface area contributed by atoms with E-state index in [1.54, 1.807) is 0 Å². The van der Waals surface area contributed by atoms with Gasteiger partial charge in [-0.15, -0.1) is 0 Å². The minimum atomic E-state index is 0.810. The van der Waals surface area contributed by atoms with Crippen LogP contribution in [0, 0.1) is 11.8 Å². The second-order valence-corrected chi connectivity index (χ2v) is 5.78. The number of likely N-dealkylation sites (tertiary alicyclic amines) is 1. The average Bonchev–Trinajstić information content (AvgIpc) is 2.03. The van der Waals surface area contributed by atoms with Gasteiger partial charge in [0.2, 0.25) is 0 Å². The molecule has 0 aromatic rings. The molecule has 0 unspecified atom stereocenters. The van der Waals surface area contributed by atoms with E-state index in [0.717, 1.165) is 16.7 Å². The first-order valence-corrected chi connectivity index (χ1v) is 6.00. The van der Waals surface area contributed by atoms with Crippen LogP contribution in [-0.4, -0.2) is 29.9 Å². The van der Waals surface area contributed by atoms with E-state index in [1.807, 2.05) is 0 Å². The summed E-state index contributed by atoms with van der Waals surface area (Å²) < 4.78 is 0. The number of halogens is 1. The van der Waals surface area contributed by atoms with E-state index in [0.29, 0.717) is 0 Å². The normalized spacial score (nSPS) is 44.0. The largest absolute Gasteiger partial charge is 0.306 e. The van der Waals surface area contributed by atoms with Crippen molar-refractivity contribution >= 4 is 15.9 Å². The highest BCUT2D eigenvalue weighted by Crippen LogP contribution is 2.38. The van der Waals surface area contributed by atoms with Gasteiger partial charge in [-0.2, -0.15) is 0 Å². The first kappa shape index (κ1) is 9.01. The van der Waals surface area contributed by atoms with Crippen LogP contribution in [0.2, 0.25) is 0 Å². The number of hydrogen-bond acceptors (Lipinski definition) is 1. The number of alkyl halides is 1. The maximum atomic E-state index is 3.75. The van der Waals surface area contributed by atoms with Crippen molar-refractivity contribution in [3.8, 4) is 0 Å². The van der Waals surface area contributed by atoms with Crippen molar-refractivity contribution < 1.29 is 0 Å². The zero-order chi connectivity index (χ0) is 8.55. The molecular formula is C10H18BrN. The molecule has 1 aliphatic carbocycles. The lowest BCUT2D eigenvalue weighted by Crippen LogP contribution is -2.41. The van der Waals surface area contributed by atoms with E-state index >= 15 is 0 Å². The number of fused-ring (bicyclic) bond motifs is 1. The second kappa shape index (κ2) is 3.67. The Morgan fingerprint density at radius 1 is 1.17 bits per heavy atom. The maximum Gasteiger partial charge on any atom is 0.0149 e. The fourth-order valence-corrected chi connectivity index (χ4v) is 3.50. The summed E-state index contributed by atoms with van der Waals surface area (Å²) in [5, 5.41) is 0. The van der Waals surface area contributed by atoms with Crippen LogP contribution in [0.4, 0.5) is 0 Å². The molecule has 0 aromatic carbocycles. The Kier molecular flexibility index (Phi) is 2.75. The first-order valence-electron chi connectivity index (χ1n) is 5.08. The topological polar surface area (TPSA) is 3.24 Å². The fourth-order valence-electron chi connectivity index (χ4n) is 2.75. The second-order valence-electron chi connectivity index (χ2n) is 4.48. The SMILES string of the molecule is CN1CC[C@H]2CC[C@@H](Br)C[C@H]2C1. The first-order chi connectivity index (χ1) is 5.75. The van der Waals surface area contributed by atoms with Crippen LogP contribution in [0.1, 0.15) is 25.7 Å². The van der Waals surface area contributed by atoms with Crippen LogP contribution in [-0.2, 0) is 0 Å². The number of hydrogen-bond donors (Lipinski definition) is 0. The molecule has 70 valence electrons. The molecule has 0 spiro atoms. The van der Waals surface area contributed by atoms with Crippen molar-refractivity contribution in [2.75, 3.05) is 20.1 Å². The molecule has 2 rings (SSSR count). The Morgan fingerprint density at radius 3 is 2.83 bits per heavy atom. The molecule has 0 N–H and O–H groups in total. The minimum absolute atomic E-state index is 0.810. The van der Waals surface area contributed by atoms with Crippen LogP contribution in [0.25, 0.3) is 0 Å². The summed E-state index contributed by atoms with van der Waals surface area (Å²) in [7, 11) is 2.26. The molecular weight excluding hydrogens is 214 g/mol. The highest BCUT2D eigenvalue weighted by molar-refractivity contribution is 9.09. The molecule has 3 atom stereocenters. The predicted molar refractivity (Wildman–Crippen MR) is 55.7 cm³/mol. The molecule has 1 nitrogen and oxygen atoms in total. The lowest BCUT2D eigenvalue weighted by molar-refractivity contribution is 0.108. The Balaban J connectivity index is 1.94. The molecule has 2 aliphatic rings. The minimum Gasteiger partial charge on any atom is -0.306 e. The molecule has 12 heavy (non-hydrogen) atoms. The Morgan fingerprint density at radius 2 is 2.00 bits per heavy atom. The van der Waals surface area contributed by atoms with Gasteiger partial charge in [-0.05, 0) is 51.1 Å². The van der Waals surface area contributed by atoms with Crippen molar-refractivity contribution in [2.45, 2.75) is 30.5 Å². The van der Waals surface area contributed by atoms with Gasteiger partial charge in [0, 0.05) is 11.4 Å². The van der Waals surface area contributed by atoms with E-state index in [2.05, 4.69) is 27.9 Å². The zero-order valence-corrected chi connectivity index (χ0v) is 9.39. The predicted octanol–water partition coefficient (Wildman–Crippen LogP) is 2.50. The molecule has 1 saturated heterocycles. The highest BCUT2D eigenvalue weighted by Gasteiger charge is 2.32. The highest BCUT2D eigenvalue weighted by atomic mass is 79.9. The van der Waals surface area contributed by atoms with E-state index in [1.165, 1.54) is 38.8 Å². The smallest absolute Gasteiger partial charge is 0.0149 e.